The summed E-state index contributed by atoms with van der Waals surface area (Å²) >= 11 is 1.29. The first-order valence-electron chi connectivity index (χ1n) is 9.75. The highest BCUT2D eigenvalue weighted by Crippen LogP contribution is 2.25. The zero-order valence-corrected chi connectivity index (χ0v) is 18.4. The van der Waals surface area contributed by atoms with Gasteiger partial charge in [-0.2, -0.15) is 0 Å². The largest absolute Gasteiger partial charge is 0.351 e. The van der Waals surface area contributed by atoms with E-state index in [2.05, 4.69) is 5.32 Å². The number of para-hydroxylation sites is 2. The molecule has 3 aromatic rings. The standard InChI is InChI=1S/C23H27N3O2S/c1-6-23(4,5)25-19(27)14-29-22-24-18-13-8-7-12-17(18)21(28)26(22)20-15(2)10-9-11-16(20)3/h7-13H,6,14H2,1-5H3,(H,25,27). The molecule has 29 heavy (non-hydrogen) atoms. The van der Waals surface area contributed by atoms with Crippen LogP contribution in [0.5, 0.6) is 0 Å². The number of hydrogen-bond acceptors (Lipinski definition) is 4. The van der Waals surface area contributed by atoms with Crippen molar-refractivity contribution in [1.82, 2.24) is 14.9 Å². The molecule has 0 saturated carbocycles. The maximum absolute atomic E-state index is 13.4. The van der Waals surface area contributed by atoms with Crippen molar-refractivity contribution in [1.29, 1.82) is 0 Å². The molecular weight excluding hydrogens is 382 g/mol. The van der Waals surface area contributed by atoms with Gasteiger partial charge in [0.15, 0.2) is 5.16 Å². The van der Waals surface area contributed by atoms with Crippen LogP contribution in [-0.2, 0) is 4.79 Å². The topological polar surface area (TPSA) is 64.0 Å². The molecule has 3 rings (SSSR count). The van der Waals surface area contributed by atoms with Crippen molar-refractivity contribution < 1.29 is 4.79 Å². The summed E-state index contributed by atoms with van der Waals surface area (Å²) in [5, 5.41) is 4.12. The molecule has 6 heteroatoms. The molecular formula is C23H27N3O2S. The van der Waals surface area contributed by atoms with E-state index in [9.17, 15) is 9.59 Å². The highest BCUT2D eigenvalue weighted by atomic mass is 32.2. The van der Waals surface area contributed by atoms with Gasteiger partial charge < -0.3 is 5.32 Å². The fourth-order valence-corrected chi connectivity index (χ4v) is 4.00. The summed E-state index contributed by atoms with van der Waals surface area (Å²) in [4.78, 5) is 30.6. The lowest BCUT2D eigenvalue weighted by Gasteiger charge is -2.24. The minimum Gasteiger partial charge on any atom is -0.351 e. The van der Waals surface area contributed by atoms with Gasteiger partial charge in [-0.25, -0.2) is 4.98 Å². The number of hydrogen-bond donors (Lipinski definition) is 1. The van der Waals surface area contributed by atoms with Crippen molar-refractivity contribution >= 4 is 28.6 Å². The molecule has 0 fully saturated rings. The summed E-state index contributed by atoms with van der Waals surface area (Å²) < 4.78 is 1.65. The average molecular weight is 410 g/mol. The minimum atomic E-state index is -0.263. The Kier molecular flexibility index (Phi) is 6.13. The first-order chi connectivity index (χ1) is 13.7. The van der Waals surface area contributed by atoms with Gasteiger partial charge >= 0.3 is 0 Å². The molecule has 0 atom stereocenters. The van der Waals surface area contributed by atoms with E-state index >= 15 is 0 Å². The van der Waals surface area contributed by atoms with E-state index < -0.39 is 0 Å². The molecule has 1 amide bonds. The molecule has 152 valence electrons. The number of benzene rings is 2. The van der Waals surface area contributed by atoms with E-state index in [-0.39, 0.29) is 22.8 Å². The number of rotatable bonds is 6. The molecule has 0 unspecified atom stereocenters. The van der Waals surface area contributed by atoms with Gasteiger partial charge in [0.05, 0.1) is 22.3 Å². The van der Waals surface area contributed by atoms with E-state index in [1.54, 1.807) is 10.6 Å². The molecule has 0 aliphatic rings. The first-order valence-corrected chi connectivity index (χ1v) is 10.7. The minimum absolute atomic E-state index is 0.0719. The number of amides is 1. The Morgan fingerprint density at radius 3 is 2.41 bits per heavy atom. The lowest BCUT2D eigenvalue weighted by atomic mass is 10.0. The number of aryl methyl sites for hydroxylation is 2. The summed E-state index contributed by atoms with van der Waals surface area (Å²) in [7, 11) is 0. The third kappa shape index (κ3) is 4.53. The van der Waals surface area contributed by atoms with Crippen molar-refractivity contribution in [2.24, 2.45) is 0 Å². The Bertz CT molecular complexity index is 1100. The molecule has 2 aromatic carbocycles. The smallest absolute Gasteiger partial charge is 0.266 e. The van der Waals surface area contributed by atoms with E-state index in [1.165, 1.54) is 11.8 Å². The zero-order chi connectivity index (χ0) is 21.2. The normalized spacial score (nSPS) is 11.6. The molecule has 0 aliphatic carbocycles. The van der Waals surface area contributed by atoms with Crippen molar-refractivity contribution in [2.75, 3.05) is 5.75 Å². The Labute approximate surface area is 175 Å². The SMILES string of the molecule is CCC(C)(C)NC(=O)CSc1nc2ccccc2c(=O)n1-c1c(C)cccc1C. The van der Waals surface area contributed by atoms with E-state index in [1.807, 2.05) is 71.0 Å². The Morgan fingerprint density at radius 1 is 1.10 bits per heavy atom. The summed E-state index contributed by atoms with van der Waals surface area (Å²) in [5.74, 6) is 0.122. The third-order valence-electron chi connectivity index (χ3n) is 5.10. The maximum Gasteiger partial charge on any atom is 0.266 e. The highest BCUT2D eigenvalue weighted by molar-refractivity contribution is 7.99. The van der Waals surface area contributed by atoms with Gasteiger partial charge in [0.1, 0.15) is 0 Å². The van der Waals surface area contributed by atoms with E-state index in [4.69, 9.17) is 4.98 Å². The molecule has 0 spiro atoms. The van der Waals surface area contributed by atoms with Gasteiger partial charge in [0.2, 0.25) is 5.91 Å². The molecule has 0 bridgehead atoms. The number of nitrogens with one attached hydrogen (secondary N) is 1. The van der Waals surface area contributed by atoms with Crippen molar-refractivity contribution in [2.45, 2.75) is 51.7 Å². The molecule has 0 aliphatic heterocycles. The van der Waals surface area contributed by atoms with Gasteiger partial charge in [0, 0.05) is 5.54 Å². The average Bonchev–Trinajstić information content (AvgIpc) is 2.67. The van der Waals surface area contributed by atoms with Gasteiger partial charge in [-0.05, 0) is 57.4 Å². The van der Waals surface area contributed by atoms with Gasteiger partial charge in [-0.3, -0.25) is 14.2 Å². The number of aromatic nitrogens is 2. The Hall–Kier alpha value is -2.60. The predicted molar refractivity (Wildman–Crippen MR) is 120 cm³/mol. The van der Waals surface area contributed by atoms with Crippen LogP contribution >= 0.6 is 11.8 Å². The van der Waals surface area contributed by atoms with Gasteiger partial charge in [0.25, 0.3) is 5.56 Å². The Balaban J connectivity index is 2.09. The van der Waals surface area contributed by atoms with Crippen LogP contribution in [0, 0.1) is 13.8 Å². The number of carbonyl (C=O) groups excluding carboxylic acids is 1. The Morgan fingerprint density at radius 2 is 1.76 bits per heavy atom. The molecule has 0 radical (unpaired) electrons. The number of carbonyl (C=O) groups is 1. The molecule has 1 heterocycles. The van der Waals surface area contributed by atoms with Crippen LogP contribution in [0.3, 0.4) is 0 Å². The highest BCUT2D eigenvalue weighted by Gasteiger charge is 2.20. The molecule has 1 N–H and O–H groups in total. The fourth-order valence-electron chi connectivity index (χ4n) is 3.20. The second kappa shape index (κ2) is 8.41. The van der Waals surface area contributed by atoms with Gasteiger partial charge in [-0.15, -0.1) is 0 Å². The van der Waals surface area contributed by atoms with Crippen molar-refractivity contribution in [3.8, 4) is 5.69 Å². The van der Waals surface area contributed by atoms with Crippen molar-refractivity contribution in [3.63, 3.8) is 0 Å². The maximum atomic E-state index is 13.4. The zero-order valence-electron chi connectivity index (χ0n) is 17.6. The van der Waals surface area contributed by atoms with E-state index in [0.717, 1.165) is 23.2 Å². The quantitative estimate of drug-likeness (QED) is 0.484. The second-order valence-corrected chi connectivity index (χ2v) is 8.81. The lowest BCUT2D eigenvalue weighted by Crippen LogP contribution is -2.43. The van der Waals surface area contributed by atoms with Crippen molar-refractivity contribution in [3.05, 3.63) is 63.9 Å². The first kappa shape index (κ1) is 21.1. The second-order valence-electron chi connectivity index (χ2n) is 7.87. The summed E-state index contributed by atoms with van der Waals surface area (Å²) in [5.41, 5.74) is 3.06. The monoisotopic (exact) mass is 409 g/mol. The fraction of sp³-hybridized carbons (Fsp3) is 0.348. The van der Waals surface area contributed by atoms with Crippen LogP contribution in [0.2, 0.25) is 0 Å². The summed E-state index contributed by atoms with van der Waals surface area (Å²) in [6.45, 7) is 9.99. The number of fused-ring (bicyclic) bond motifs is 1. The molecule has 5 nitrogen and oxygen atoms in total. The summed E-state index contributed by atoms with van der Waals surface area (Å²) in [6, 6.07) is 13.3. The van der Waals surface area contributed by atoms with Crippen LogP contribution in [0.1, 0.15) is 38.3 Å². The number of nitrogens with zero attached hydrogens (tertiary/aromatic N) is 2. The number of thioether (sulfide) groups is 1. The summed E-state index contributed by atoms with van der Waals surface area (Å²) in [6.07, 6.45) is 0.838. The van der Waals surface area contributed by atoms with Crippen LogP contribution in [0.4, 0.5) is 0 Å². The predicted octanol–water partition coefficient (Wildman–Crippen LogP) is 4.40. The third-order valence-corrected chi connectivity index (χ3v) is 6.04. The van der Waals surface area contributed by atoms with Gasteiger partial charge in [-0.1, -0.05) is 49.0 Å². The lowest BCUT2D eigenvalue weighted by molar-refractivity contribution is -0.120. The van der Waals surface area contributed by atoms with Crippen LogP contribution in [0.25, 0.3) is 16.6 Å². The van der Waals surface area contributed by atoms with Crippen LogP contribution in [-0.4, -0.2) is 26.8 Å². The molecule has 0 saturated heterocycles. The van der Waals surface area contributed by atoms with Crippen LogP contribution < -0.4 is 10.9 Å². The van der Waals surface area contributed by atoms with E-state index in [0.29, 0.717) is 16.1 Å². The molecule has 1 aromatic heterocycles. The van der Waals surface area contributed by atoms with Crippen LogP contribution in [0.15, 0.2) is 52.4 Å².